The molecule has 6 nitrogen and oxygen atoms in total. The number of hydrogen-bond donors (Lipinski definition) is 2. The summed E-state index contributed by atoms with van der Waals surface area (Å²) in [4.78, 5) is 14.4. The molecule has 0 aliphatic carbocycles. The molecule has 0 radical (unpaired) electrons. The van der Waals surface area contributed by atoms with Crippen molar-refractivity contribution in [3.63, 3.8) is 0 Å². The highest BCUT2D eigenvalue weighted by Crippen LogP contribution is 2.26. The van der Waals surface area contributed by atoms with Crippen LogP contribution in [-0.2, 0) is 4.79 Å². The first-order chi connectivity index (χ1) is 10.3. The van der Waals surface area contributed by atoms with E-state index in [9.17, 15) is 4.79 Å². The molecule has 3 rings (SSSR count). The van der Waals surface area contributed by atoms with Crippen molar-refractivity contribution in [3.05, 3.63) is 30.5 Å². The van der Waals surface area contributed by atoms with E-state index in [0.29, 0.717) is 13.1 Å². The molecule has 2 heterocycles. The summed E-state index contributed by atoms with van der Waals surface area (Å²) in [7, 11) is 0. The average Bonchev–Trinajstić information content (AvgIpc) is 2.54. The van der Waals surface area contributed by atoms with Gasteiger partial charge >= 0.3 is 0 Å². The van der Waals surface area contributed by atoms with Gasteiger partial charge in [-0.05, 0) is 13.0 Å². The molecule has 110 valence electrons. The predicted octanol–water partition coefficient (Wildman–Crippen LogP) is 0.544. The first kappa shape index (κ1) is 13.8. The second kappa shape index (κ2) is 6.05. The molecule has 1 aliphatic rings. The molecule has 1 saturated heterocycles. The Morgan fingerprint density at radius 1 is 1.48 bits per heavy atom. The van der Waals surface area contributed by atoms with Crippen LogP contribution in [0.5, 0.6) is 0 Å². The zero-order chi connectivity index (χ0) is 14.7. The molecule has 1 aromatic heterocycles. The van der Waals surface area contributed by atoms with E-state index >= 15 is 0 Å². The van der Waals surface area contributed by atoms with Gasteiger partial charge in [0.15, 0.2) is 0 Å². The summed E-state index contributed by atoms with van der Waals surface area (Å²) in [5, 5.41) is 15.5. The minimum Gasteiger partial charge on any atom is -0.355 e. The van der Waals surface area contributed by atoms with Gasteiger partial charge in [-0.2, -0.15) is 10.2 Å². The maximum absolute atomic E-state index is 12.3. The fourth-order valence-corrected chi connectivity index (χ4v) is 2.74. The van der Waals surface area contributed by atoms with Crippen molar-refractivity contribution < 1.29 is 4.79 Å². The molecule has 1 unspecified atom stereocenters. The summed E-state index contributed by atoms with van der Waals surface area (Å²) < 4.78 is 0. The number of aromatic nitrogens is 2. The topological polar surface area (TPSA) is 70.2 Å². The van der Waals surface area contributed by atoms with Crippen molar-refractivity contribution in [3.8, 4) is 0 Å². The third kappa shape index (κ3) is 2.67. The van der Waals surface area contributed by atoms with Crippen LogP contribution < -0.4 is 15.5 Å². The second-order valence-electron chi connectivity index (χ2n) is 5.05. The Hall–Kier alpha value is -2.21. The summed E-state index contributed by atoms with van der Waals surface area (Å²) in [6.07, 6.45) is 1.75. The van der Waals surface area contributed by atoms with E-state index in [4.69, 9.17) is 0 Å². The Labute approximate surface area is 123 Å². The van der Waals surface area contributed by atoms with Crippen LogP contribution in [0.2, 0.25) is 0 Å². The van der Waals surface area contributed by atoms with E-state index in [1.54, 1.807) is 6.20 Å². The Morgan fingerprint density at radius 3 is 3.19 bits per heavy atom. The number of carbonyl (C=O) groups is 1. The first-order valence-corrected chi connectivity index (χ1v) is 7.26. The minimum atomic E-state index is -0.216. The van der Waals surface area contributed by atoms with Crippen molar-refractivity contribution in [2.24, 2.45) is 0 Å². The average molecular weight is 285 g/mol. The number of rotatable bonds is 3. The third-order valence-corrected chi connectivity index (χ3v) is 3.73. The lowest BCUT2D eigenvalue weighted by Gasteiger charge is -2.37. The zero-order valence-electron chi connectivity index (χ0n) is 12.0. The standard InChI is InChI=1S/C15H19N5O/c1-2-17-15(21)14-9-16-7-8-20(14)13-10-18-19-12-6-4-3-5-11(12)13/h3-6,10,14,16H,2,7-9H2,1H3,(H,17,21). The minimum absolute atomic E-state index is 0.0468. The number of hydrogen-bond acceptors (Lipinski definition) is 5. The maximum atomic E-state index is 12.3. The number of carbonyl (C=O) groups excluding carboxylic acids is 1. The largest absolute Gasteiger partial charge is 0.355 e. The fourth-order valence-electron chi connectivity index (χ4n) is 2.74. The molecule has 1 amide bonds. The lowest BCUT2D eigenvalue weighted by Crippen LogP contribution is -2.58. The second-order valence-corrected chi connectivity index (χ2v) is 5.05. The summed E-state index contributed by atoms with van der Waals surface area (Å²) in [5.74, 6) is 0.0468. The molecular weight excluding hydrogens is 266 g/mol. The Kier molecular flexibility index (Phi) is 3.96. The van der Waals surface area contributed by atoms with Crippen LogP contribution in [0.25, 0.3) is 10.9 Å². The van der Waals surface area contributed by atoms with Gasteiger partial charge in [-0.25, -0.2) is 0 Å². The quantitative estimate of drug-likeness (QED) is 0.861. The fraction of sp³-hybridized carbons (Fsp3) is 0.400. The molecule has 2 aromatic rings. The van der Waals surface area contributed by atoms with Gasteiger partial charge in [-0.15, -0.1) is 0 Å². The number of fused-ring (bicyclic) bond motifs is 1. The summed E-state index contributed by atoms with van der Waals surface area (Å²) in [6.45, 7) is 4.84. The van der Waals surface area contributed by atoms with E-state index < -0.39 is 0 Å². The van der Waals surface area contributed by atoms with Crippen LogP contribution >= 0.6 is 0 Å². The van der Waals surface area contributed by atoms with Gasteiger partial charge in [0.2, 0.25) is 5.91 Å². The molecule has 0 saturated carbocycles. The number of nitrogens with zero attached hydrogens (tertiary/aromatic N) is 3. The van der Waals surface area contributed by atoms with Gasteiger partial charge in [0.1, 0.15) is 6.04 Å². The van der Waals surface area contributed by atoms with Gasteiger partial charge in [0.25, 0.3) is 0 Å². The number of amides is 1. The number of likely N-dealkylation sites (N-methyl/N-ethyl adjacent to an activating group) is 1. The monoisotopic (exact) mass is 285 g/mol. The number of benzene rings is 1. The summed E-state index contributed by atoms with van der Waals surface area (Å²) in [6, 6.07) is 7.67. The van der Waals surface area contributed by atoms with E-state index in [2.05, 4.69) is 25.7 Å². The molecule has 21 heavy (non-hydrogen) atoms. The van der Waals surface area contributed by atoms with Crippen LogP contribution in [0.4, 0.5) is 5.69 Å². The normalized spacial score (nSPS) is 18.7. The van der Waals surface area contributed by atoms with Crippen molar-refractivity contribution >= 4 is 22.5 Å². The van der Waals surface area contributed by atoms with Crippen LogP contribution in [0.1, 0.15) is 6.92 Å². The van der Waals surface area contributed by atoms with Gasteiger partial charge < -0.3 is 15.5 Å². The summed E-state index contributed by atoms with van der Waals surface area (Å²) >= 11 is 0. The lowest BCUT2D eigenvalue weighted by molar-refractivity contribution is -0.122. The van der Waals surface area contributed by atoms with Crippen molar-refractivity contribution in [1.29, 1.82) is 0 Å². The zero-order valence-corrected chi connectivity index (χ0v) is 12.0. The predicted molar refractivity (Wildman–Crippen MR) is 82.2 cm³/mol. The van der Waals surface area contributed by atoms with Crippen molar-refractivity contribution in [2.45, 2.75) is 13.0 Å². The van der Waals surface area contributed by atoms with Gasteiger partial charge in [-0.1, -0.05) is 18.2 Å². The molecule has 1 atom stereocenters. The molecule has 0 spiro atoms. The highest BCUT2D eigenvalue weighted by atomic mass is 16.2. The van der Waals surface area contributed by atoms with Gasteiger partial charge in [0.05, 0.1) is 17.4 Å². The number of anilines is 1. The number of nitrogens with one attached hydrogen (secondary N) is 2. The molecule has 2 N–H and O–H groups in total. The molecule has 1 aliphatic heterocycles. The Balaban J connectivity index is 2.00. The molecule has 1 fully saturated rings. The van der Waals surface area contributed by atoms with Crippen LogP contribution in [0.15, 0.2) is 30.5 Å². The highest BCUT2D eigenvalue weighted by Gasteiger charge is 2.29. The lowest BCUT2D eigenvalue weighted by atomic mass is 10.1. The Bertz CT molecular complexity index is 640. The van der Waals surface area contributed by atoms with Crippen molar-refractivity contribution in [1.82, 2.24) is 20.8 Å². The van der Waals surface area contributed by atoms with E-state index in [1.165, 1.54) is 0 Å². The molecular formula is C15H19N5O. The molecule has 0 bridgehead atoms. The first-order valence-electron chi connectivity index (χ1n) is 7.26. The van der Waals surface area contributed by atoms with Crippen LogP contribution in [0.3, 0.4) is 0 Å². The van der Waals surface area contributed by atoms with Crippen molar-refractivity contribution in [2.75, 3.05) is 31.1 Å². The molecule has 1 aromatic carbocycles. The van der Waals surface area contributed by atoms with E-state index in [1.807, 2.05) is 31.2 Å². The smallest absolute Gasteiger partial charge is 0.244 e. The van der Waals surface area contributed by atoms with E-state index in [-0.39, 0.29) is 11.9 Å². The van der Waals surface area contributed by atoms with Crippen LogP contribution in [0, 0.1) is 0 Å². The molecule has 6 heteroatoms. The highest BCUT2D eigenvalue weighted by molar-refractivity contribution is 5.94. The van der Waals surface area contributed by atoms with Gasteiger partial charge in [-0.3, -0.25) is 4.79 Å². The van der Waals surface area contributed by atoms with E-state index in [0.717, 1.165) is 29.7 Å². The third-order valence-electron chi connectivity index (χ3n) is 3.73. The Morgan fingerprint density at radius 2 is 2.33 bits per heavy atom. The SMILES string of the molecule is CCNC(=O)C1CNCCN1c1cnnc2ccccc12. The summed E-state index contributed by atoms with van der Waals surface area (Å²) in [5.41, 5.74) is 1.82. The maximum Gasteiger partial charge on any atom is 0.244 e. The van der Waals surface area contributed by atoms with Gasteiger partial charge in [0, 0.05) is 31.6 Å². The number of piperazine rings is 1. The van der Waals surface area contributed by atoms with Crippen LogP contribution in [-0.4, -0.2) is 48.3 Å².